The Morgan fingerprint density at radius 3 is 1.62 bits per heavy atom. The van der Waals surface area contributed by atoms with Crippen molar-refractivity contribution >= 4 is 6.29 Å². The molecule has 0 aromatic heterocycles. The van der Waals surface area contributed by atoms with Gasteiger partial charge >= 0.3 is 0 Å². The van der Waals surface area contributed by atoms with E-state index in [1.54, 1.807) is 0 Å². The van der Waals surface area contributed by atoms with Crippen LogP contribution in [0.15, 0.2) is 84.9 Å². The fourth-order valence-electron chi connectivity index (χ4n) is 2.72. The van der Waals surface area contributed by atoms with Gasteiger partial charge < -0.3 is 0 Å². The van der Waals surface area contributed by atoms with E-state index in [2.05, 4.69) is 24.3 Å². The van der Waals surface area contributed by atoms with Gasteiger partial charge in [-0.15, -0.1) is 0 Å². The highest BCUT2D eigenvalue weighted by Gasteiger charge is 2.18. The summed E-state index contributed by atoms with van der Waals surface area (Å²) in [5.74, 6) is 0.0776. The third-order valence-electron chi connectivity index (χ3n) is 3.70. The molecule has 0 heterocycles. The summed E-state index contributed by atoms with van der Waals surface area (Å²) in [5, 5.41) is 0. The number of rotatable bonds is 4. The largest absolute Gasteiger partial charge is 0.298 e. The molecule has 3 aromatic carbocycles. The molecule has 0 fully saturated rings. The average Bonchev–Trinajstić information content (AvgIpc) is 2.58. The van der Waals surface area contributed by atoms with Crippen molar-refractivity contribution < 1.29 is 4.79 Å². The zero-order chi connectivity index (χ0) is 14.5. The number of benzene rings is 3. The minimum Gasteiger partial charge on any atom is -0.298 e. The smallest absolute Gasteiger partial charge is 0.150 e. The lowest BCUT2D eigenvalue weighted by Crippen LogP contribution is -2.06. The lowest BCUT2D eigenvalue weighted by molar-refractivity contribution is 0.112. The molecule has 3 aromatic rings. The molecule has 0 aliphatic rings. The van der Waals surface area contributed by atoms with Crippen LogP contribution in [0.1, 0.15) is 33.0 Å². The molecule has 0 bridgehead atoms. The monoisotopic (exact) mass is 272 g/mol. The van der Waals surface area contributed by atoms with Gasteiger partial charge in [-0.1, -0.05) is 84.9 Å². The molecular formula is C20H16O. The van der Waals surface area contributed by atoms with E-state index in [-0.39, 0.29) is 5.92 Å². The van der Waals surface area contributed by atoms with E-state index >= 15 is 0 Å². The summed E-state index contributed by atoms with van der Waals surface area (Å²) in [6, 6.07) is 28.4. The quantitative estimate of drug-likeness (QED) is 0.498. The van der Waals surface area contributed by atoms with E-state index in [0.29, 0.717) is 0 Å². The number of carbonyl (C=O) groups excluding carboxylic acids is 1. The Morgan fingerprint density at radius 1 is 0.619 bits per heavy atom. The van der Waals surface area contributed by atoms with E-state index in [4.69, 9.17) is 0 Å². The Bertz CT molecular complexity index is 678. The molecule has 3 rings (SSSR count). The summed E-state index contributed by atoms with van der Waals surface area (Å²) in [6.07, 6.45) is 0.939. The van der Waals surface area contributed by atoms with Crippen molar-refractivity contribution in [3.63, 3.8) is 0 Å². The van der Waals surface area contributed by atoms with E-state index < -0.39 is 0 Å². The van der Waals surface area contributed by atoms with Crippen molar-refractivity contribution in [2.75, 3.05) is 0 Å². The highest BCUT2D eigenvalue weighted by atomic mass is 16.1. The van der Waals surface area contributed by atoms with Crippen LogP contribution in [0.4, 0.5) is 0 Å². The molecule has 0 aliphatic heterocycles. The SMILES string of the molecule is O=Cc1ccccc1C(c1ccccc1)c1ccccc1. The molecule has 21 heavy (non-hydrogen) atoms. The molecule has 0 unspecified atom stereocenters. The van der Waals surface area contributed by atoms with Crippen LogP contribution in [0.25, 0.3) is 0 Å². The maximum absolute atomic E-state index is 11.4. The normalized spacial score (nSPS) is 10.5. The topological polar surface area (TPSA) is 17.1 Å². The van der Waals surface area contributed by atoms with Gasteiger partial charge in [0.1, 0.15) is 6.29 Å². The second-order valence-corrected chi connectivity index (χ2v) is 5.00. The van der Waals surface area contributed by atoms with E-state index in [1.807, 2.05) is 60.7 Å². The first kappa shape index (κ1) is 13.3. The van der Waals surface area contributed by atoms with Crippen LogP contribution < -0.4 is 0 Å². The Kier molecular flexibility index (Phi) is 3.92. The molecule has 0 saturated carbocycles. The van der Waals surface area contributed by atoms with Gasteiger partial charge in [0.2, 0.25) is 0 Å². The molecule has 0 aliphatic carbocycles. The fourth-order valence-corrected chi connectivity index (χ4v) is 2.72. The second kappa shape index (κ2) is 6.19. The van der Waals surface area contributed by atoms with Gasteiger partial charge in [-0.2, -0.15) is 0 Å². The van der Waals surface area contributed by atoms with Crippen LogP contribution in [0.2, 0.25) is 0 Å². The lowest BCUT2D eigenvalue weighted by Gasteiger charge is -2.20. The number of hydrogen-bond acceptors (Lipinski definition) is 1. The maximum Gasteiger partial charge on any atom is 0.150 e. The predicted molar refractivity (Wildman–Crippen MR) is 85.7 cm³/mol. The van der Waals surface area contributed by atoms with Crippen molar-refractivity contribution in [3.8, 4) is 0 Å². The molecular weight excluding hydrogens is 256 g/mol. The third kappa shape index (κ3) is 2.77. The standard InChI is InChI=1S/C20H16O/c21-15-18-13-7-8-14-19(18)20(16-9-3-1-4-10-16)17-11-5-2-6-12-17/h1-15,20H. The minimum absolute atomic E-state index is 0.0776. The van der Waals surface area contributed by atoms with E-state index in [9.17, 15) is 4.79 Å². The zero-order valence-corrected chi connectivity index (χ0v) is 11.6. The van der Waals surface area contributed by atoms with Crippen LogP contribution in [0.3, 0.4) is 0 Å². The highest BCUT2D eigenvalue weighted by molar-refractivity contribution is 5.78. The average molecular weight is 272 g/mol. The van der Waals surface area contributed by atoms with Gasteiger partial charge in [0.05, 0.1) is 0 Å². The van der Waals surface area contributed by atoms with Gasteiger partial charge in [-0.25, -0.2) is 0 Å². The molecule has 0 N–H and O–H groups in total. The van der Waals surface area contributed by atoms with Crippen LogP contribution in [-0.4, -0.2) is 6.29 Å². The van der Waals surface area contributed by atoms with Crippen LogP contribution in [-0.2, 0) is 0 Å². The first-order chi connectivity index (χ1) is 10.4. The van der Waals surface area contributed by atoms with Crippen molar-refractivity contribution in [1.29, 1.82) is 0 Å². The first-order valence-electron chi connectivity index (χ1n) is 7.04. The van der Waals surface area contributed by atoms with Crippen molar-refractivity contribution in [2.24, 2.45) is 0 Å². The van der Waals surface area contributed by atoms with Crippen LogP contribution >= 0.6 is 0 Å². The summed E-state index contributed by atoms with van der Waals surface area (Å²) >= 11 is 0. The molecule has 1 heteroatoms. The fraction of sp³-hybridized carbons (Fsp3) is 0.0500. The maximum atomic E-state index is 11.4. The molecule has 0 amide bonds. The minimum atomic E-state index is 0.0776. The van der Waals surface area contributed by atoms with Crippen molar-refractivity contribution in [1.82, 2.24) is 0 Å². The van der Waals surface area contributed by atoms with E-state index in [0.717, 1.165) is 17.4 Å². The zero-order valence-electron chi connectivity index (χ0n) is 11.6. The lowest BCUT2D eigenvalue weighted by atomic mass is 9.83. The third-order valence-corrected chi connectivity index (χ3v) is 3.70. The molecule has 0 radical (unpaired) electrons. The number of aldehydes is 1. The highest BCUT2D eigenvalue weighted by Crippen LogP contribution is 2.33. The Labute approximate surface area is 124 Å². The molecule has 0 atom stereocenters. The molecule has 1 nitrogen and oxygen atoms in total. The molecule has 0 saturated heterocycles. The van der Waals surface area contributed by atoms with Crippen LogP contribution in [0, 0.1) is 0 Å². The van der Waals surface area contributed by atoms with Crippen molar-refractivity contribution in [3.05, 3.63) is 107 Å². The second-order valence-electron chi connectivity index (χ2n) is 5.00. The number of carbonyl (C=O) groups is 1. The number of hydrogen-bond donors (Lipinski definition) is 0. The summed E-state index contributed by atoms with van der Waals surface area (Å²) in [6.45, 7) is 0. The van der Waals surface area contributed by atoms with Gasteiger partial charge in [-0.3, -0.25) is 4.79 Å². The van der Waals surface area contributed by atoms with Gasteiger partial charge in [-0.05, 0) is 16.7 Å². The molecule has 102 valence electrons. The Morgan fingerprint density at radius 2 is 1.10 bits per heavy atom. The van der Waals surface area contributed by atoms with Gasteiger partial charge in [0.15, 0.2) is 0 Å². The molecule has 0 spiro atoms. The summed E-state index contributed by atoms with van der Waals surface area (Å²) in [7, 11) is 0. The Hall–Kier alpha value is -2.67. The summed E-state index contributed by atoms with van der Waals surface area (Å²) < 4.78 is 0. The Balaban J connectivity index is 2.20. The summed E-state index contributed by atoms with van der Waals surface area (Å²) in [4.78, 5) is 11.4. The van der Waals surface area contributed by atoms with E-state index in [1.165, 1.54) is 11.1 Å². The first-order valence-corrected chi connectivity index (χ1v) is 7.04. The van der Waals surface area contributed by atoms with Crippen molar-refractivity contribution in [2.45, 2.75) is 5.92 Å². The predicted octanol–water partition coefficient (Wildman–Crippen LogP) is 4.68. The van der Waals surface area contributed by atoms with Gasteiger partial charge in [0, 0.05) is 11.5 Å². The van der Waals surface area contributed by atoms with Crippen LogP contribution in [0.5, 0.6) is 0 Å². The van der Waals surface area contributed by atoms with Gasteiger partial charge in [0.25, 0.3) is 0 Å². The summed E-state index contributed by atoms with van der Waals surface area (Å²) in [5.41, 5.74) is 4.18.